The van der Waals surface area contributed by atoms with Crippen molar-refractivity contribution in [3.05, 3.63) is 50.3 Å². The van der Waals surface area contributed by atoms with Crippen LogP contribution in [-0.2, 0) is 10.9 Å². The van der Waals surface area contributed by atoms with Crippen molar-refractivity contribution in [1.82, 2.24) is 15.0 Å². The Bertz CT molecular complexity index is 945. The van der Waals surface area contributed by atoms with E-state index in [4.69, 9.17) is 22.2 Å². The first-order valence-corrected chi connectivity index (χ1v) is 7.85. The summed E-state index contributed by atoms with van der Waals surface area (Å²) in [4.78, 5) is 19.6. The van der Waals surface area contributed by atoms with Gasteiger partial charge in [0.25, 0.3) is 0 Å². The number of carbonyl (C=O) groups excluding carboxylic acids is 1. The first-order valence-electron chi connectivity index (χ1n) is 7.03. The number of ether oxygens (including phenoxy) is 1. The van der Waals surface area contributed by atoms with E-state index in [1.165, 1.54) is 0 Å². The number of nitrogens with zero attached hydrogens (tertiary/aromatic N) is 2. The van der Waals surface area contributed by atoms with Gasteiger partial charge in [0.05, 0.1) is 12.2 Å². The minimum atomic E-state index is -4.38. The quantitative estimate of drug-likeness (QED) is 0.576. The molecular weight excluding hydrogens is 389 g/mol. The zero-order valence-electron chi connectivity index (χ0n) is 13.6. The topological polar surface area (TPSA) is 94.6 Å². The molecule has 11 heteroatoms. The number of carbonyl (C=O) groups is 1. The molecule has 0 amide bonds. The molecule has 0 aromatic carbocycles. The van der Waals surface area contributed by atoms with Gasteiger partial charge in [-0.05, 0) is 38.2 Å². The van der Waals surface area contributed by atoms with Crippen molar-refractivity contribution in [2.45, 2.75) is 20.0 Å². The van der Waals surface area contributed by atoms with Gasteiger partial charge in [-0.3, -0.25) is 0 Å². The average Bonchev–Trinajstić information content (AvgIpc) is 2.54. The van der Waals surface area contributed by atoms with Crippen LogP contribution < -0.4 is 0 Å². The Hall–Kier alpha value is -2.58. The van der Waals surface area contributed by atoms with Crippen molar-refractivity contribution in [3.8, 4) is 6.07 Å². The summed E-state index contributed by atoms with van der Waals surface area (Å²) in [6, 6.07) is 4.29. The number of aromatic nitrogens is 3. The van der Waals surface area contributed by atoms with Gasteiger partial charge in [-0.2, -0.15) is 18.4 Å². The second kappa shape index (κ2) is 9.21. The van der Waals surface area contributed by atoms with Crippen LogP contribution >= 0.6 is 24.4 Å². The smallest absolute Gasteiger partial charge is 0.431 e. The number of nitriles is 1. The van der Waals surface area contributed by atoms with Gasteiger partial charge in [0.1, 0.15) is 22.0 Å². The van der Waals surface area contributed by atoms with Crippen LogP contribution in [0.2, 0.25) is 0 Å². The Labute approximate surface area is 156 Å². The average molecular weight is 402 g/mol. The highest BCUT2D eigenvalue weighted by atomic mass is 32.1. The summed E-state index contributed by atoms with van der Waals surface area (Å²) in [6.45, 7) is 3.74. The Morgan fingerprint density at radius 1 is 1.38 bits per heavy atom. The summed E-state index contributed by atoms with van der Waals surface area (Å²) >= 11 is 9.35. The maximum Gasteiger partial charge on any atom is 0.431 e. The molecule has 26 heavy (non-hydrogen) atoms. The number of hydrogen-bond acceptors (Lipinski definition) is 6. The monoisotopic (exact) mass is 402 g/mol. The van der Waals surface area contributed by atoms with Crippen molar-refractivity contribution >= 4 is 30.4 Å². The van der Waals surface area contributed by atoms with Crippen LogP contribution in [0, 0.1) is 27.7 Å². The van der Waals surface area contributed by atoms with E-state index in [0.29, 0.717) is 0 Å². The third-order valence-electron chi connectivity index (χ3n) is 2.76. The lowest BCUT2D eigenvalue weighted by Gasteiger charge is -2.04. The van der Waals surface area contributed by atoms with Crippen molar-refractivity contribution in [2.75, 3.05) is 6.61 Å². The highest BCUT2D eigenvalue weighted by Gasteiger charge is 2.31. The SMILES string of the molecule is CCOC(=O)c1cc(C)[nH]c(=S)c1C#N.FC(F)(F)c1ccnc(=S)[nH]1. The van der Waals surface area contributed by atoms with Gasteiger partial charge in [-0.15, -0.1) is 0 Å². The van der Waals surface area contributed by atoms with E-state index >= 15 is 0 Å². The fraction of sp³-hybridized carbons (Fsp3) is 0.267. The van der Waals surface area contributed by atoms with Crippen LogP contribution in [0.3, 0.4) is 0 Å². The Morgan fingerprint density at radius 2 is 2.04 bits per heavy atom. The van der Waals surface area contributed by atoms with E-state index in [2.05, 4.69) is 22.2 Å². The van der Waals surface area contributed by atoms with Crippen molar-refractivity contribution < 1.29 is 22.7 Å². The van der Waals surface area contributed by atoms with Gasteiger partial charge in [0.2, 0.25) is 0 Å². The summed E-state index contributed by atoms with van der Waals surface area (Å²) in [5.41, 5.74) is 0.231. The normalized spacial score (nSPS) is 10.3. The van der Waals surface area contributed by atoms with Crippen LogP contribution in [0.1, 0.15) is 34.2 Å². The number of H-pyrrole nitrogens is 2. The molecule has 2 aromatic rings. The number of hydrogen-bond donors (Lipinski definition) is 2. The molecular formula is C15H13F3N4O2S2. The van der Waals surface area contributed by atoms with Crippen LogP contribution in [-0.4, -0.2) is 27.5 Å². The van der Waals surface area contributed by atoms with Crippen molar-refractivity contribution in [3.63, 3.8) is 0 Å². The lowest BCUT2D eigenvalue weighted by Crippen LogP contribution is -2.08. The van der Waals surface area contributed by atoms with E-state index in [0.717, 1.165) is 18.0 Å². The molecule has 138 valence electrons. The Balaban J connectivity index is 0.000000273. The summed E-state index contributed by atoms with van der Waals surface area (Å²) in [5.74, 6) is -0.516. The fourth-order valence-corrected chi connectivity index (χ4v) is 2.19. The molecule has 0 spiro atoms. The number of esters is 1. The zero-order chi connectivity index (χ0) is 19.9. The number of halogens is 3. The first kappa shape index (κ1) is 21.5. The van der Waals surface area contributed by atoms with Gasteiger partial charge < -0.3 is 14.7 Å². The third kappa shape index (κ3) is 6.05. The lowest BCUT2D eigenvalue weighted by molar-refractivity contribution is -0.141. The standard InChI is InChI=1S/C10H10N2O2S.C5H3F3N2S/c1-3-14-10(13)7-4-6(2)12-9(15)8(7)5-11;6-5(7,8)3-1-2-9-4(11)10-3/h4H,3H2,1-2H3,(H,12,15);1-2H,(H,9,10,11). The van der Waals surface area contributed by atoms with Gasteiger partial charge in [-0.1, -0.05) is 12.2 Å². The first-order chi connectivity index (χ1) is 12.1. The largest absolute Gasteiger partial charge is 0.462 e. The van der Waals surface area contributed by atoms with Crippen molar-refractivity contribution in [2.24, 2.45) is 0 Å². The molecule has 0 aliphatic rings. The molecule has 0 aliphatic carbocycles. The van der Waals surface area contributed by atoms with Gasteiger partial charge in [-0.25, -0.2) is 9.78 Å². The highest BCUT2D eigenvalue weighted by molar-refractivity contribution is 7.71. The summed E-state index contributed by atoms with van der Waals surface area (Å²) in [6.07, 6.45) is -3.36. The summed E-state index contributed by atoms with van der Waals surface area (Å²) in [7, 11) is 0. The van der Waals surface area contributed by atoms with Crippen LogP contribution in [0.4, 0.5) is 13.2 Å². The molecule has 0 bridgehead atoms. The number of rotatable bonds is 2. The Kier molecular flexibility index (Phi) is 7.60. The molecule has 0 radical (unpaired) electrons. The maximum absolute atomic E-state index is 11.9. The second-order valence-electron chi connectivity index (χ2n) is 4.69. The van der Waals surface area contributed by atoms with E-state index < -0.39 is 17.8 Å². The minimum absolute atomic E-state index is 0.161. The van der Waals surface area contributed by atoms with Crippen LogP contribution in [0.15, 0.2) is 18.3 Å². The fourth-order valence-electron chi connectivity index (χ4n) is 1.70. The molecule has 0 atom stereocenters. The van der Waals surface area contributed by atoms with Crippen LogP contribution in [0.5, 0.6) is 0 Å². The highest BCUT2D eigenvalue weighted by Crippen LogP contribution is 2.26. The molecule has 2 rings (SSSR count). The van der Waals surface area contributed by atoms with E-state index in [1.807, 2.05) is 11.1 Å². The van der Waals surface area contributed by atoms with Crippen molar-refractivity contribution in [1.29, 1.82) is 5.26 Å². The molecule has 0 fully saturated rings. The number of pyridine rings is 1. The Morgan fingerprint density at radius 3 is 2.50 bits per heavy atom. The zero-order valence-corrected chi connectivity index (χ0v) is 15.2. The second-order valence-corrected chi connectivity index (χ2v) is 5.48. The molecule has 0 aliphatic heterocycles. The maximum atomic E-state index is 11.9. The van der Waals surface area contributed by atoms with Gasteiger partial charge in [0.15, 0.2) is 4.77 Å². The molecule has 2 heterocycles. The number of aryl methyl sites for hydroxylation is 1. The van der Waals surface area contributed by atoms with E-state index in [-0.39, 0.29) is 27.1 Å². The molecule has 0 saturated carbocycles. The minimum Gasteiger partial charge on any atom is -0.462 e. The molecule has 0 unspecified atom stereocenters. The third-order valence-corrected chi connectivity index (χ3v) is 3.27. The number of aromatic amines is 2. The predicted octanol–water partition coefficient (Wildman–Crippen LogP) is 4.26. The number of nitrogens with one attached hydrogen (secondary N) is 2. The summed E-state index contributed by atoms with van der Waals surface area (Å²) < 4.78 is 40.5. The summed E-state index contributed by atoms with van der Waals surface area (Å²) in [5, 5.41) is 8.86. The predicted molar refractivity (Wildman–Crippen MR) is 91.5 cm³/mol. The van der Waals surface area contributed by atoms with E-state index in [9.17, 15) is 18.0 Å². The number of alkyl halides is 3. The van der Waals surface area contributed by atoms with E-state index in [1.54, 1.807) is 19.9 Å². The lowest BCUT2D eigenvalue weighted by atomic mass is 10.1. The van der Waals surface area contributed by atoms with Gasteiger partial charge in [0, 0.05) is 11.9 Å². The molecule has 6 nitrogen and oxygen atoms in total. The van der Waals surface area contributed by atoms with Gasteiger partial charge >= 0.3 is 12.1 Å². The van der Waals surface area contributed by atoms with Crippen LogP contribution in [0.25, 0.3) is 0 Å². The molecule has 0 saturated heterocycles. The molecule has 2 N–H and O–H groups in total. The molecule has 2 aromatic heterocycles.